The van der Waals surface area contributed by atoms with Gasteiger partial charge in [-0.15, -0.1) is 0 Å². The summed E-state index contributed by atoms with van der Waals surface area (Å²) in [5, 5.41) is 0. The summed E-state index contributed by atoms with van der Waals surface area (Å²) in [4.78, 5) is 0. The van der Waals surface area contributed by atoms with Gasteiger partial charge in [-0.3, -0.25) is 0 Å². The Labute approximate surface area is 121 Å². The zero-order valence-corrected chi connectivity index (χ0v) is 15.4. The van der Waals surface area contributed by atoms with Gasteiger partial charge < -0.3 is 17.8 Å². The molecule has 0 bridgehead atoms. The molecule has 1 fully saturated rings. The molecule has 1 aliphatic heterocycles. The van der Waals surface area contributed by atoms with Crippen molar-refractivity contribution in [2.45, 2.75) is 51.2 Å². The largest absolute Gasteiger partial charge is 0.403 e. The van der Waals surface area contributed by atoms with Crippen molar-refractivity contribution >= 4 is 17.8 Å². The summed E-state index contributed by atoms with van der Waals surface area (Å²) in [6, 6.07) is 1.30. The van der Waals surface area contributed by atoms with Gasteiger partial charge in [0.15, 0.2) is 0 Å². The van der Waals surface area contributed by atoms with Gasteiger partial charge in [0.05, 0.1) is 0 Å². The lowest BCUT2D eigenvalue weighted by Gasteiger charge is -2.32. The number of nitrogens with zero attached hydrogens (tertiary/aromatic N) is 1. The summed E-state index contributed by atoms with van der Waals surface area (Å²) in [5.74, 6) is 0. The summed E-state index contributed by atoms with van der Waals surface area (Å²) in [6.07, 6.45) is 3.74. The second-order valence-corrected chi connectivity index (χ2v) is 12.2. The van der Waals surface area contributed by atoms with E-state index in [1.807, 2.05) is 0 Å². The van der Waals surface area contributed by atoms with Crippen molar-refractivity contribution in [3.8, 4) is 0 Å². The molecule has 1 rings (SSSR count). The monoisotopic (exact) mass is 305 g/mol. The van der Waals surface area contributed by atoms with E-state index >= 15 is 0 Å². The van der Waals surface area contributed by atoms with Crippen LogP contribution in [0.2, 0.25) is 18.1 Å². The Balaban J connectivity index is 2.32. The van der Waals surface area contributed by atoms with Gasteiger partial charge in [0.25, 0.3) is 8.48 Å². The van der Waals surface area contributed by atoms with Crippen molar-refractivity contribution in [2.75, 3.05) is 33.9 Å². The third kappa shape index (κ3) is 4.95. The zero-order chi connectivity index (χ0) is 14.3. The summed E-state index contributed by atoms with van der Waals surface area (Å²) in [6.45, 7) is 10.0. The number of rotatable bonds is 9. The molecule has 6 heteroatoms. The molecule has 1 heterocycles. The normalized spacial score (nSPS) is 26.2. The molecule has 0 radical (unpaired) electrons. The van der Waals surface area contributed by atoms with Crippen molar-refractivity contribution in [3.05, 3.63) is 0 Å². The van der Waals surface area contributed by atoms with Crippen molar-refractivity contribution in [1.29, 1.82) is 0 Å². The van der Waals surface area contributed by atoms with Gasteiger partial charge in [-0.2, -0.15) is 0 Å². The predicted octanol–water partition coefficient (Wildman–Crippen LogP) is 2.48. The van der Waals surface area contributed by atoms with E-state index < -0.39 is 17.8 Å². The number of hydrogen-bond donors (Lipinski definition) is 0. The lowest BCUT2D eigenvalue weighted by molar-refractivity contribution is 0.257. The Morgan fingerprint density at radius 3 is 2.58 bits per heavy atom. The van der Waals surface area contributed by atoms with Crippen LogP contribution in [0.3, 0.4) is 0 Å². The van der Waals surface area contributed by atoms with E-state index in [2.05, 4.69) is 25.0 Å². The summed E-state index contributed by atoms with van der Waals surface area (Å²) in [5.41, 5.74) is 0.581. The molecular formula is C13H31NO3Si2. The molecular weight excluding hydrogens is 274 g/mol. The van der Waals surface area contributed by atoms with Gasteiger partial charge in [-0.1, -0.05) is 6.92 Å². The molecule has 0 aromatic rings. The number of hydrogen-bond acceptors (Lipinski definition) is 4. The molecule has 114 valence electrons. The van der Waals surface area contributed by atoms with Gasteiger partial charge >= 0.3 is 9.28 Å². The van der Waals surface area contributed by atoms with Crippen molar-refractivity contribution in [1.82, 2.24) is 4.57 Å². The lowest BCUT2D eigenvalue weighted by Crippen LogP contribution is -2.49. The van der Waals surface area contributed by atoms with Gasteiger partial charge in [0.2, 0.25) is 0 Å². The van der Waals surface area contributed by atoms with Crippen LogP contribution in [-0.4, -0.2) is 56.2 Å². The second-order valence-electron chi connectivity index (χ2n) is 5.66. The topological polar surface area (TPSA) is 30.9 Å². The van der Waals surface area contributed by atoms with Crippen LogP contribution < -0.4 is 0 Å². The molecule has 2 atom stereocenters. The van der Waals surface area contributed by atoms with Crippen LogP contribution in [0, 0.1) is 0 Å². The molecule has 19 heavy (non-hydrogen) atoms. The van der Waals surface area contributed by atoms with E-state index in [9.17, 15) is 0 Å². The average Bonchev–Trinajstić information content (AvgIpc) is 2.73. The fraction of sp³-hybridized carbons (Fsp3) is 1.00. The van der Waals surface area contributed by atoms with Gasteiger partial charge in [-0.05, 0) is 57.4 Å². The highest BCUT2D eigenvalue weighted by atomic mass is 28.4. The van der Waals surface area contributed by atoms with E-state index in [0.717, 1.165) is 6.61 Å². The molecule has 0 N–H and O–H groups in total. The van der Waals surface area contributed by atoms with Gasteiger partial charge in [0.1, 0.15) is 0 Å². The Kier molecular flexibility index (Phi) is 7.78. The third-order valence-electron chi connectivity index (χ3n) is 4.21. The zero-order valence-electron chi connectivity index (χ0n) is 13.3. The molecule has 0 spiro atoms. The van der Waals surface area contributed by atoms with E-state index in [0.29, 0.717) is 5.54 Å². The third-order valence-corrected chi connectivity index (χ3v) is 10.4. The second kappa shape index (κ2) is 8.54. The molecule has 1 saturated heterocycles. The Morgan fingerprint density at radius 2 is 2.00 bits per heavy atom. The molecule has 0 aromatic heterocycles. The molecule has 2 unspecified atom stereocenters. The first kappa shape index (κ1) is 17.3. The fourth-order valence-corrected chi connectivity index (χ4v) is 8.09. The van der Waals surface area contributed by atoms with Crippen molar-refractivity contribution in [3.63, 3.8) is 0 Å². The first-order chi connectivity index (χ1) is 9.07. The van der Waals surface area contributed by atoms with E-state index in [-0.39, 0.29) is 0 Å². The Morgan fingerprint density at radius 1 is 1.32 bits per heavy atom. The highest BCUT2D eigenvalue weighted by Gasteiger charge is 2.40. The SMILES string of the molecule is CCO[Si]1(C)CCCN1CCCC(C)[SiH](OC)OC. The van der Waals surface area contributed by atoms with E-state index in [4.69, 9.17) is 13.3 Å². The van der Waals surface area contributed by atoms with Crippen LogP contribution in [0.5, 0.6) is 0 Å². The quantitative estimate of drug-likeness (QED) is 0.612. The van der Waals surface area contributed by atoms with Crippen LogP contribution in [0.15, 0.2) is 0 Å². The maximum atomic E-state index is 6.07. The van der Waals surface area contributed by atoms with Gasteiger partial charge in [0, 0.05) is 20.8 Å². The molecule has 4 nitrogen and oxygen atoms in total. The molecule has 0 amide bonds. The molecule has 0 aliphatic carbocycles. The maximum absolute atomic E-state index is 6.07. The molecule has 1 aliphatic rings. The predicted molar refractivity (Wildman–Crippen MR) is 84.1 cm³/mol. The van der Waals surface area contributed by atoms with Crippen LogP contribution >= 0.6 is 0 Å². The summed E-state index contributed by atoms with van der Waals surface area (Å²) in [7, 11) is 0.563. The Bertz CT molecular complexity index is 254. The lowest BCUT2D eigenvalue weighted by atomic mass is 10.2. The van der Waals surface area contributed by atoms with E-state index in [1.54, 1.807) is 14.2 Å². The minimum atomic E-state index is -1.55. The summed E-state index contributed by atoms with van der Waals surface area (Å²) >= 11 is 0. The van der Waals surface area contributed by atoms with Crippen LogP contribution in [-0.2, 0) is 13.3 Å². The van der Waals surface area contributed by atoms with Crippen molar-refractivity contribution in [2.24, 2.45) is 0 Å². The smallest absolute Gasteiger partial charge is 0.323 e. The Hall–Kier alpha value is 0.274. The van der Waals surface area contributed by atoms with Crippen LogP contribution in [0.4, 0.5) is 0 Å². The standard InChI is InChI=1S/C13H31NO3Si2/c1-6-17-19(5)12-8-11-14(19)10-7-9-13(2)18(15-3)16-4/h13,18H,6-12H2,1-5H3. The highest BCUT2D eigenvalue weighted by molar-refractivity contribution is 6.70. The fourth-order valence-electron chi connectivity index (χ4n) is 3.12. The van der Waals surface area contributed by atoms with Crippen LogP contribution in [0.1, 0.15) is 33.1 Å². The average molecular weight is 306 g/mol. The first-order valence-corrected chi connectivity index (χ1v) is 11.7. The minimum absolute atomic E-state index is 0.581. The minimum Gasteiger partial charge on any atom is -0.403 e. The van der Waals surface area contributed by atoms with Gasteiger partial charge in [-0.25, -0.2) is 0 Å². The molecule has 0 saturated carbocycles. The maximum Gasteiger partial charge on any atom is 0.323 e. The van der Waals surface area contributed by atoms with Crippen LogP contribution in [0.25, 0.3) is 0 Å². The first-order valence-electron chi connectivity index (χ1n) is 7.52. The highest BCUT2D eigenvalue weighted by Crippen LogP contribution is 2.28. The molecule has 0 aromatic carbocycles. The van der Waals surface area contributed by atoms with E-state index in [1.165, 1.54) is 38.4 Å². The van der Waals surface area contributed by atoms with Crippen molar-refractivity contribution < 1.29 is 13.3 Å². The summed E-state index contributed by atoms with van der Waals surface area (Å²) < 4.78 is 19.6.